The molecule has 1 aromatic carbocycles. The molecule has 2 saturated heterocycles. The van der Waals surface area contributed by atoms with Gasteiger partial charge in [-0.1, -0.05) is 62.9 Å². The van der Waals surface area contributed by atoms with Crippen molar-refractivity contribution in [1.82, 2.24) is 0 Å². The van der Waals surface area contributed by atoms with Crippen LogP contribution >= 0.6 is 0 Å². The molecular weight excluding hydrogens is 404 g/mol. The molecule has 6 aliphatic rings. The zero-order chi connectivity index (χ0) is 22.5. The Morgan fingerprint density at radius 3 is 2.72 bits per heavy atom. The Hall–Kier alpha value is -1.79. The number of allylic oxidation sites excluding steroid dienone is 1. The van der Waals surface area contributed by atoms with Gasteiger partial charge in [-0.15, -0.1) is 0 Å². The first kappa shape index (κ1) is 20.8. The molecule has 0 unspecified atom stereocenters. The largest absolute Gasteiger partial charge is 0.387 e. The number of Topliss-reactive ketones (excluding diaryl/α,β-unsaturated/α-hetero) is 1. The van der Waals surface area contributed by atoms with Crippen LogP contribution in [-0.4, -0.2) is 40.6 Å². The molecule has 2 aliphatic heterocycles. The van der Waals surface area contributed by atoms with Gasteiger partial charge >= 0.3 is 0 Å². The number of benzene rings is 1. The number of aliphatic hydroxyl groups excluding tert-OH is 1. The fourth-order valence-electron chi connectivity index (χ4n) is 8.38. The maximum Gasteiger partial charge on any atom is 0.208 e. The number of hydrogen-bond donors (Lipinski definition) is 2. The quantitative estimate of drug-likeness (QED) is 0.561. The number of hydrogen-bond acceptors (Lipinski definition) is 5. The molecule has 0 radical (unpaired) electrons. The molecule has 2 heterocycles. The highest BCUT2D eigenvalue weighted by Gasteiger charge is 2.85. The first-order valence-electron chi connectivity index (χ1n) is 11.8. The van der Waals surface area contributed by atoms with Crippen molar-refractivity contribution in [1.29, 1.82) is 0 Å². The molecule has 5 nitrogen and oxygen atoms in total. The number of carbonyl (C=O) groups excluding carboxylic acids is 1. The maximum absolute atomic E-state index is 14.0. The number of ether oxygens (including phenoxy) is 2. The molecule has 32 heavy (non-hydrogen) atoms. The molecular formula is C27H32O5. The Morgan fingerprint density at radius 2 is 1.97 bits per heavy atom. The molecule has 7 rings (SSSR count). The van der Waals surface area contributed by atoms with Crippen molar-refractivity contribution in [3.63, 3.8) is 0 Å². The molecule has 8 atom stereocenters. The average Bonchev–Trinajstić information content (AvgIpc) is 2.89. The minimum absolute atomic E-state index is 0.165. The molecule has 0 amide bonds. The molecule has 4 aliphatic carbocycles. The first-order chi connectivity index (χ1) is 15.2. The molecule has 5 heteroatoms. The molecule has 5 fully saturated rings. The standard InChI is InChI=1S/C27H32O5/c1-16-18-10-11-19-25-13-7-12-24(2,3)20(25)22(29)27(30,32-15-25)26(19,21(16)28)23(18)31-14-17-8-5-4-6-9-17/h4-9,13,18-20,22-23,29-30H,1,10-12,14-15H2,2-3H3/t18-,19-,20+,22-,23+,25+,26-,27+/m0/s1. The molecule has 0 aromatic heterocycles. The first-order valence-corrected chi connectivity index (χ1v) is 11.8. The molecule has 1 aromatic rings. The molecule has 170 valence electrons. The second-order valence-electron chi connectivity index (χ2n) is 11.3. The summed E-state index contributed by atoms with van der Waals surface area (Å²) in [6.07, 6.45) is 5.02. The molecule has 2 N–H and O–H groups in total. The van der Waals surface area contributed by atoms with Crippen LogP contribution in [0.1, 0.15) is 38.7 Å². The Kier molecular flexibility index (Phi) is 4.17. The molecule has 4 bridgehead atoms. The van der Waals surface area contributed by atoms with Crippen molar-refractivity contribution < 1.29 is 24.5 Å². The summed E-state index contributed by atoms with van der Waals surface area (Å²) in [4.78, 5) is 14.0. The van der Waals surface area contributed by atoms with Crippen LogP contribution < -0.4 is 0 Å². The van der Waals surface area contributed by atoms with Crippen molar-refractivity contribution in [3.05, 3.63) is 60.2 Å². The summed E-state index contributed by atoms with van der Waals surface area (Å²) in [6.45, 7) is 9.08. The molecule has 2 spiro atoms. The van der Waals surface area contributed by atoms with E-state index in [-0.39, 0.29) is 29.0 Å². The van der Waals surface area contributed by atoms with E-state index >= 15 is 0 Å². The van der Waals surface area contributed by atoms with Crippen LogP contribution in [0.25, 0.3) is 0 Å². The summed E-state index contributed by atoms with van der Waals surface area (Å²) in [5, 5.41) is 23.8. The van der Waals surface area contributed by atoms with Crippen LogP contribution in [0.5, 0.6) is 0 Å². The highest BCUT2D eigenvalue weighted by atomic mass is 16.6. The summed E-state index contributed by atoms with van der Waals surface area (Å²) >= 11 is 0. The van der Waals surface area contributed by atoms with Gasteiger partial charge in [-0.05, 0) is 41.7 Å². The van der Waals surface area contributed by atoms with Gasteiger partial charge in [0.25, 0.3) is 0 Å². The van der Waals surface area contributed by atoms with Crippen molar-refractivity contribution in [3.8, 4) is 0 Å². The van der Waals surface area contributed by atoms with Crippen molar-refractivity contribution >= 4 is 5.78 Å². The maximum atomic E-state index is 14.0. The van der Waals surface area contributed by atoms with Crippen LogP contribution in [-0.2, 0) is 20.9 Å². The summed E-state index contributed by atoms with van der Waals surface area (Å²) in [6, 6.07) is 9.86. The lowest BCUT2D eigenvalue weighted by atomic mass is 9.37. The van der Waals surface area contributed by atoms with E-state index in [1.54, 1.807) is 0 Å². The van der Waals surface area contributed by atoms with Gasteiger partial charge in [0, 0.05) is 17.3 Å². The van der Waals surface area contributed by atoms with Crippen LogP contribution in [0.4, 0.5) is 0 Å². The van der Waals surface area contributed by atoms with Gasteiger partial charge in [0.05, 0.1) is 19.3 Å². The van der Waals surface area contributed by atoms with E-state index < -0.39 is 28.8 Å². The van der Waals surface area contributed by atoms with E-state index in [1.807, 2.05) is 30.3 Å². The monoisotopic (exact) mass is 436 g/mol. The van der Waals surface area contributed by atoms with E-state index in [0.717, 1.165) is 24.8 Å². The van der Waals surface area contributed by atoms with E-state index in [2.05, 4.69) is 32.6 Å². The summed E-state index contributed by atoms with van der Waals surface area (Å²) in [7, 11) is 0. The fraction of sp³-hybridized carbons (Fsp3) is 0.593. The minimum atomic E-state index is -1.98. The fourth-order valence-corrected chi connectivity index (χ4v) is 8.38. The average molecular weight is 437 g/mol. The number of carbonyl (C=O) groups is 1. The SMILES string of the molecule is C=C1C(=O)[C@]23[C@H](OCc4ccccc4)[C@H]1CC[C@H]2[C@]12C=CCC(C)(C)[C@H]1[C@H](O)[C@@]3(O)OC2. The predicted octanol–water partition coefficient (Wildman–Crippen LogP) is 3.41. The van der Waals surface area contributed by atoms with Crippen LogP contribution in [0.3, 0.4) is 0 Å². The smallest absolute Gasteiger partial charge is 0.208 e. The Labute approximate surface area is 189 Å². The van der Waals surface area contributed by atoms with Gasteiger partial charge in [-0.3, -0.25) is 4.79 Å². The normalized spacial score (nSPS) is 47.9. The zero-order valence-corrected chi connectivity index (χ0v) is 18.8. The minimum Gasteiger partial charge on any atom is -0.387 e. The Bertz CT molecular complexity index is 1010. The van der Waals surface area contributed by atoms with Gasteiger partial charge < -0.3 is 19.7 Å². The van der Waals surface area contributed by atoms with E-state index in [1.165, 1.54) is 0 Å². The number of ketones is 1. The lowest BCUT2D eigenvalue weighted by Crippen LogP contribution is -2.83. The second-order valence-corrected chi connectivity index (χ2v) is 11.3. The van der Waals surface area contributed by atoms with Crippen molar-refractivity contribution in [2.75, 3.05) is 6.61 Å². The lowest BCUT2D eigenvalue weighted by molar-refractivity contribution is -0.438. The summed E-state index contributed by atoms with van der Waals surface area (Å²) in [5.74, 6) is -2.69. The Balaban J connectivity index is 1.51. The van der Waals surface area contributed by atoms with Gasteiger partial charge in [0.2, 0.25) is 5.79 Å². The van der Waals surface area contributed by atoms with Crippen LogP contribution in [0.2, 0.25) is 0 Å². The topological polar surface area (TPSA) is 76.0 Å². The van der Waals surface area contributed by atoms with Crippen LogP contribution in [0.15, 0.2) is 54.6 Å². The van der Waals surface area contributed by atoms with Gasteiger partial charge in [0.1, 0.15) is 11.5 Å². The highest BCUT2D eigenvalue weighted by Crippen LogP contribution is 2.75. The van der Waals surface area contributed by atoms with Crippen molar-refractivity contribution in [2.45, 2.75) is 57.7 Å². The third kappa shape index (κ3) is 2.17. The number of fused-ring (bicyclic) bond motifs is 2. The number of rotatable bonds is 3. The highest BCUT2D eigenvalue weighted by molar-refractivity contribution is 6.05. The lowest BCUT2D eigenvalue weighted by Gasteiger charge is -2.72. The molecule has 3 saturated carbocycles. The number of aliphatic hydroxyl groups is 2. The van der Waals surface area contributed by atoms with E-state index in [0.29, 0.717) is 18.8 Å². The van der Waals surface area contributed by atoms with E-state index in [4.69, 9.17) is 9.47 Å². The van der Waals surface area contributed by atoms with Crippen molar-refractivity contribution in [2.24, 2.45) is 34.0 Å². The summed E-state index contributed by atoms with van der Waals surface area (Å²) < 4.78 is 12.6. The Morgan fingerprint density at radius 1 is 1.22 bits per heavy atom. The van der Waals surface area contributed by atoms with Crippen LogP contribution in [0, 0.1) is 34.0 Å². The summed E-state index contributed by atoms with van der Waals surface area (Å²) in [5.41, 5.74) is -0.551. The second kappa shape index (κ2) is 6.41. The third-order valence-electron chi connectivity index (χ3n) is 9.51. The zero-order valence-electron chi connectivity index (χ0n) is 18.8. The van der Waals surface area contributed by atoms with E-state index in [9.17, 15) is 15.0 Å². The van der Waals surface area contributed by atoms with Gasteiger partial charge in [-0.25, -0.2) is 0 Å². The third-order valence-corrected chi connectivity index (χ3v) is 9.51. The van der Waals surface area contributed by atoms with Gasteiger partial charge in [-0.2, -0.15) is 0 Å². The predicted molar refractivity (Wildman–Crippen MR) is 118 cm³/mol. The van der Waals surface area contributed by atoms with Gasteiger partial charge in [0.15, 0.2) is 5.78 Å².